The van der Waals surface area contributed by atoms with E-state index < -0.39 is 17.9 Å². The van der Waals surface area contributed by atoms with Crippen LogP contribution in [0.4, 0.5) is 0 Å². The molecule has 0 aliphatic heterocycles. The lowest BCUT2D eigenvalue weighted by Gasteiger charge is -2.09. The number of nitrogens with zero attached hydrogens (tertiary/aromatic N) is 2. The van der Waals surface area contributed by atoms with Gasteiger partial charge in [0.25, 0.3) is 0 Å². The van der Waals surface area contributed by atoms with Gasteiger partial charge in [-0.05, 0) is 19.4 Å². The van der Waals surface area contributed by atoms with Crippen molar-refractivity contribution in [3.05, 3.63) is 22.5 Å². The van der Waals surface area contributed by atoms with Crippen LogP contribution in [0.25, 0.3) is 6.08 Å². The van der Waals surface area contributed by atoms with Crippen LogP contribution in [0.5, 0.6) is 0 Å². The molecule has 0 saturated heterocycles. The second kappa shape index (κ2) is 6.38. The summed E-state index contributed by atoms with van der Waals surface area (Å²) >= 11 is 6.00. The molecule has 1 rings (SSSR count). The van der Waals surface area contributed by atoms with Gasteiger partial charge in [0.05, 0.1) is 5.69 Å². The summed E-state index contributed by atoms with van der Waals surface area (Å²) in [6.07, 6.45) is 3.09. The van der Waals surface area contributed by atoms with Crippen LogP contribution < -0.4 is 5.32 Å². The van der Waals surface area contributed by atoms with E-state index in [2.05, 4.69) is 10.4 Å². The number of hydrogen-bond acceptors (Lipinski definition) is 3. The van der Waals surface area contributed by atoms with Gasteiger partial charge in [-0.15, -0.1) is 0 Å². The van der Waals surface area contributed by atoms with Gasteiger partial charge in [-0.2, -0.15) is 5.10 Å². The number of amides is 1. The number of carbonyl (C=O) groups is 2. The van der Waals surface area contributed by atoms with Crippen molar-refractivity contribution in [2.24, 2.45) is 7.05 Å². The standard InChI is InChI=1S/C12H16ClN3O3/c1-4-9(12(18)19)14-10(17)6-5-8-7(2)15-16(3)11(8)13/h5-6,9H,4H2,1-3H3,(H,14,17)(H,18,19)/b6-5+. The van der Waals surface area contributed by atoms with E-state index in [1.165, 1.54) is 16.8 Å². The maximum absolute atomic E-state index is 11.6. The van der Waals surface area contributed by atoms with E-state index in [1.807, 2.05) is 0 Å². The van der Waals surface area contributed by atoms with Crippen LogP contribution in [0, 0.1) is 6.92 Å². The fraction of sp³-hybridized carbons (Fsp3) is 0.417. The summed E-state index contributed by atoms with van der Waals surface area (Å²) in [5.41, 5.74) is 1.34. The largest absolute Gasteiger partial charge is 0.480 e. The topological polar surface area (TPSA) is 84.2 Å². The Kier molecular flexibility index (Phi) is 5.11. The summed E-state index contributed by atoms with van der Waals surface area (Å²) in [6.45, 7) is 3.46. The highest BCUT2D eigenvalue weighted by Gasteiger charge is 2.16. The lowest BCUT2D eigenvalue weighted by Crippen LogP contribution is -2.39. The van der Waals surface area contributed by atoms with Crippen molar-refractivity contribution >= 4 is 29.6 Å². The Balaban J connectivity index is 2.76. The summed E-state index contributed by atoms with van der Waals surface area (Å²) < 4.78 is 1.50. The van der Waals surface area contributed by atoms with Crippen molar-refractivity contribution < 1.29 is 14.7 Å². The molecule has 104 valence electrons. The van der Waals surface area contributed by atoms with Gasteiger partial charge in [0.1, 0.15) is 11.2 Å². The minimum absolute atomic E-state index is 0.321. The molecule has 1 heterocycles. The Morgan fingerprint density at radius 3 is 2.63 bits per heavy atom. The molecule has 0 aromatic carbocycles. The molecule has 0 aliphatic carbocycles. The van der Waals surface area contributed by atoms with Crippen molar-refractivity contribution in [3.63, 3.8) is 0 Å². The number of carboxylic acid groups (broad SMARTS) is 1. The molecule has 1 unspecified atom stereocenters. The van der Waals surface area contributed by atoms with Crippen LogP contribution in [-0.2, 0) is 16.6 Å². The Labute approximate surface area is 116 Å². The number of aliphatic carboxylic acids is 1. The first kappa shape index (κ1) is 15.2. The van der Waals surface area contributed by atoms with E-state index in [9.17, 15) is 9.59 Å². The molecule has 0 bridgehead atoms. The Bertz CT molecular complexity index is 523. The highest BCUT2D eigenvalue weighted by molar-refractivity contribution is 6.31. The van der Waals surface area contributed by atoms with E-state index >= 15 is 0 Å². The number of hydrogen-bond donors (Lipinski definition) is 2. The normalized spacial score (nSPS) is 12.6. The molecular formula is C12H16ClN3O3. The van der Waals surface area contributed by atoms with Crippen molar-refractivity contribution in [2.45, 2.75) is 26.3 Å². The summed E-state index contributed by atoms with van der Waals surface area (Å²) in [5.74, 6) is -1.53. The van der Waals surface area contributed by atoms with Gasteiger partial charge < -0.3 is 10.4 Å². The minimum atomic E-state index is -1.06. The van der Waals surface area contributed by atoms with Crippen LogP contribution in [-0.4, -0.2) is 32.8 Å². The smallest absolute Gasteiger partial charge is 0.326 e. The number of nitrogens with one attached hydrogen (secondary N) is 1. The van der Waals surface area contributed by atoms with Crippen molar-refractivity contribution in [3.8, 4) is 0 Å². The molecule has 19 heavy (non-hydrogen) atoms. The van der Waals surface area contributed by atoms with Crippen LogP contribution in [0.3, 0.4) is 0 Å². The maximum atomic E-state index is 11.6. The third-order valence-corrected chi connectivity index (χ3v) is 3.07. The molecule has 1 amide bonds. The Hall–Kier alpha value is -1.82. The lowest BCUT2D eigenvalue weighted by molar-refractivity contribution is -0.141. The van der Waals surface area contributed by atoms with Crippen LogP contribution in [0.2, 0.25) is 5.15 Å². The molecule has 0 aliphatic rings. The van der Waals surface area contributed by atoms with E-state index in [0.29, 0.717) is 22.8 Å². The van der Waals surface area contributed by atoms with Crippen molar-refractivity contribution in [1.82, 2.24) is 15.1 Å². The van der Waals surface area contributed by atoms with E-state index in [0.717, 1.165) is 0 Å². The molecule has 0 radical (unpaired) electrons. The highest BCUT2D eigenvalue weighted by atomic mass is 35.5. The lowest BCUT2D eigenvalue weighted by atomic mass is 10.2. The summed E-state index contributed by atoms with van der Waals surface area (Å²) in [4.78, 5) is 22.4. The van der Waals surface area contributed by atoms with Crippen LogP contribution >= 0.6 is 11.6 Å². The highest BCUT2D eigenvalue weighted by Crippen LogP contribution is 2.19. The van der Waals surface area contributed by atoms with E-state index in [-0.39, 0.29) is 0 Å². The summed E-state index contributed by atoms with van der Waals surface area (Å²) in [7, 11) is 1.70. The number of carboxylic acids is 1. The van der Waals surface area contributed by atoms with Gasteiger partial charge in [-0.25, -0.2) is 4.79 Å². The average Bonchev–Trinajstić information content (AvgIpc) is 2.58. The first-order valence-electron chi connectivity index (χ1n) is 5.77. The SMILES string of the molecule is CCC(NC(=O)/C=C/c1c(C)nn(C)c1Cl)C(=O)O. The Morgan fingerprint density at radius 2 is 2.21 bits per heavy atom. The molecule has 0 spiro atoms. The second-order valence-electron chi connectivity index (χ2n) is 4.05. The average molecular weight is 286 g/mol. The first-order valence-corrected chi connectivity index (χ1v) is 6.15. The van der Waals surface area contributed by atoms with E-state index in [4.69, 9.17) is 16.7 Å². The molecule has 1 aromatic rings. The minimum Gasteiger partial charge on any atom is -0.480 e. The van der Waals surface area contributed by atoms with Crippen LogP contribution in [0.1, 0.15) is 24.6 Å². The number of carbonyl (C=O) groups excluding carboxylic acids is 1. The van der Waals surface area contributed by atoms with Gasteiger partial charge in [-0.1, -0.05) is 18.5 Å². The molecule has 1 aromatic heterocycles. The molecular weight excluding hydrogens is 270 g/mol. The quantitative estimate of drug-likeness (QED) is 0.801. The summed E-state index contributed by atoms with van der Waals surface area (Å²) in [6, 6.07) is -0.886. The van der Waals surface area contributed by atoms with E-state index in [1.54, 1.807) is 20.9 Å². The predicted molar refractivity (Wildman–Crippen MR) is 71.8 cm³/mol. The molecule has 0 fully saturated rings. The van der Waals surface area contributed by atoms with Crippen molar-refractivity contribution in [1.29, 1.82) is 0 Å². The Morgan fingerprint density at radius 1 is 1.58 bits per heavy atom. The number of aryl methyl sites for hydroxylation is 2. The molecule has 7 heteroatoms. The van der Waals surface area contributed by atoms with Gasteiger partial charge in [-0.3, -0.25) is 9.48 Å². The maximum Gasteiger partial charge on any atom is 0.326 e. The molecule has 6 nitrogen and oxygen atoms in total. The number of halogens is 1. The summed E-state index contributed by atoms with van der Waals surface area (Å²) in [5, 5.41) is 15.7. The zero-order chi connectivity index (χ0) is 14.6. The molecule has 0 saturated carbocycles. The van der Waals surface area contributed by atoms with Gasteiger partial charge in [0.2, 0.25) is 5.91 Å². The fourth-order valence-corrected chi connectivity index (χ4v) is 1.79. The third-order valence-electron chi connectivity index (χ3n) is 2.62. The number of rotatable bonds is 5. The third kappa shape index (κ3) is 3.82. The molecule has 2 N–H and O–H groups in total. The monoisotopic (exact) mass is 285 g/mol. The van der Waals surface area contributed by atoms with Crippen LogP contribution in [0.15, 0.2) is 6.08 Å². The van der Waals surface area contributed by atoms with Gasteiger partial charge in [0, 0.05) is 18.7 Å². The second-order valence-corrected chi connectivity index (χ2v) is 4.41. The van der Waals surface area contributed by atoms with Gasteiger partial charge in [0.15, 0.2) is 0 Å². The van der Waals surface area contributed by atoms with Gasteiger partial charge >= 0.3 is 5.97 Å². The van der Waals surface area contributed by atoms with Crippen molar-refractivity contribution in [2.75, 3.05) is 0 Å². The zero-order valence-corrected chi connectivity index (χ0v) is 11.7. The first-order chi connectivity index (χ1) is 8.86. The number of aromatic nitrogens is 2. The fourth-order valence-electron chi connectivity index (χ4n) is 1.55. The predicted octanol–water partition coefficient (Wildman–Crippen LogP) is 1.37. The zero-order valence-electron chi connectivity index (χ0n) is 11.0. The molecule has 1 atom stereocenters.